The molecule has 1 saturated carbocycles. The molecule has 3 heteroatoms. The molecule has 1 atom stereocenters. The minimum Gasteiger partial charge on any atom is -0.458 e. The third-order valence-electron chi connectivity index (χ3n) is 2.88. The fourth-order valence-corrected chi connectivity index (χ4v) is 2.09. The molecule has 0 saturated heterocycles. The predicted octanol–water partition coefficient (Wildman–Crippen LogP) is 1.60. The van der Waals surface area contributed by atoms with Crippen molar-refractivity contribution in [2.24, 2.45) is 5.73 Å². The van der Waals surface area contributed by atoms with Gasteiger partial charge in [-0.3, -0.25) is 4.79 Å². The summed E-state index contributed by atoms with van der Waals surface area (Å²) in [4.78, 5) is 10.9. The normalized spacial score (nSPS) is 23.6. The molecule has 1 fully saturated rings. The highest BCUT2D eigenvalue weighted by atomic mass is 16.6. The lowest BCUT2D eigenvalue weighted by Gasteiger charge is -2.39. The molecule has 0 amide bonds. The maximum atomic E-state index is 10.9. The van der Waals surface area contributed by atoms with E-state index in [0.29, 0.717) is 0 Å². The first-order valence-corrected chi connectivity index (χ1v) is 5.02. The van der Waals surface area contributed by atoms with Crippen molar-refractivity contribution in [3.8, 4) is 0 Å². The van der Waals surface area contributed by atoms with E-state index in [2.05, 4.69) is 0 Å². The average molecular weight is 185 g/mol. The third-order valence-corrected chi connectivity index (χ3v) is 2.88. The van der Waals surface area contributed by atoms with Gasteiger partial charge in [0.2, 0.25) is 0 Å². The van der Waals surface area contributed by atoms with Crippen molar-refractivity contribution in [1.82, 2.24) is 0 Å². The van der Waals surface area contributed by atoms with Gasteiger partial charge in [-0.1, -0.05) is 6.42 Å². The van der Waals surface area contributed by atoms with Crippen molar-refractivity contribution in [1.29, 1.82) is 0 Å². The topological polar surface area (TPSA) is 52.3 Å². The van der Waals surface area contributed by atoms with E-state index in [4.69, 9.17) is 10.5 Å². The number of ether oxygens (including phenoxy) is 1. The van der Waals surface area contributed by atoms with Gasteiger partial charge in [0.1, 0.15) is 5.60 Å². The first-order chi connectivity index (χ1) is 6.07. The summed E-state index contributed by atoms with van der Waals surface area (Å²) in [5, 5.41) is 0. The molecule has 2 N–H and O–H groups in total. The van der Waals surface area contributed by atoms with E-state index in [9.17, 15) is 4.79 Å². The second-order valence-electron chi connectivity index (χ2n) is 4.01. The Morgan fingerprint density at radius 1 is 1.38 bits per heavy atom. The van der Waals surface area contributed by atoms with Gasteiger partial charge in [0.05, 0.1) is 0 Å². The first kappa shape index (κ1) is 10.5. The Bertz CT molecular complexity index is 183. The van der Waals surface area contributed by atoms with E-state index in [1.165, 1.54) is 13.3 Å². The molecule has 1 aliphatic carbocycles. The van der Waals surface area contributed by atoms with E-state index >= 15 is 0 Å². The first-order valence-electron chi connectivity index (χ1n) is 5.02. The van der Waals surface area contributed by atoms with Crippen molar-refractivity contribution >= 4 is 5.97 Å². The minimum atomic E-state index is -0.371. The lowest BCUT2D eigenvalue weighted by molar-refractivity contribution is -0.163. The van der Waals surface area contributed by atoms with Gasteiger partial charge >= 0.3 is 5.97 Å². The van der Waals surface area contributed by atoms with Crippen LogP contribution in [0.15, 0.2) is 0 Å². The van der Waals surface area contributed by atoms with Gasteiger partial charge in [0.15, 0.2) is 0 Å². The van der Waals surface area contributed by atoms with Crippen molar-refractivity contribution in [2.75, 3.05) is 0 Å². The van der Waals surface area contributed by atoms with Crippen LogP contribution in [-0.2, 0) is 9.53 Å². The highest BCUT2D eigenvalue weighted by Gasteiger charge is 2.38. The molecule has 1 aliphatic rings. The largest absolute Gasteiger partial charge is 0.458 e. The molecule has 1 rings (SSSR count). The second kappa shape index (κ2) is 4.09. The van der Waals surface area contributed by atoms with Crippen LogP contribution in [0.5, 0.6) is 0 Å². The fourth-order valence-electron chi connectivity index (χ4n) is 2.09. The van der Waals surface area contributed by atoms with E-state index in [0.717, 1.165) is 25.7 Å². The van der Waals surface area contributed by atoms with Gasteiger partial charge < -0.3 is 10.5 Å². The Morgan fingerprint density at radius 3 is 2.31 bits per heavy atom. The number of esters is 1. The van der Waals surface area contributed by atoms with Crippen molar-refractivity contribution in [3.05, 3.63) is 0 Å². The van der Waals surface area contributed by atoms with E-state index in [1.54, 1.807) is 0 Å². The minimum absolute atomic E-state index is 0.0586. The maximum absolute atomic E-state index is 10.9. The van der Waals surface area contributed by atoms with Gasteiger partial charge in [-0.15, -0.1) is 0 Å². The number of nitrogens with two attached hydrogens (primary N) is 1. The van der Waals surface area contributed by atoms with E-state index < -0.39 is 0 Å². The van der Waals surface area contributed by atoms with Crippen LogP contribution in [0, 0.1) is 0 Å². The number of hydrogen-bond donors (Lipinski definition) is 1. The summed E-state index contributed by atoms with van der Waals surface area (Å²) in [5.74, 6) is -0.209. The van der Waals surface area contributed by atoms with E-state index in [-0.39, 0.29) is 17.6 Å². The van der Waals surface area contributed by atoms with Gasteiger partial charge in [-0.2, -0.15) is 0 Å². The Kier molecular flexibility index (Phi) is 3.31. The lowest BCUT2D eigenvalue weighted by atomic mass is 9.80. The molecule has 1 unspecified atom stereocenters. The molecule has 0 spiro atoms. The summed E-state index contributed by atoms with van der Waals surface area (Å²) in [6, 6.07) is -0.0586. The Balaban J connectivity index is 2.67. The number of hydrogen-bond acceptors (Lipinski definition) is 3. The van der Waals surface area contributed by atoms with Crippen LogP contribution in [0.3, 0.4) is 0 Å². The predicted molar refractivity (Wildman–Crippen MR) is 51.2 cm³/mol. The van der Waals surface area contributed by atoms with Crippen LogP contribution < -0.4 is 5.73 Å². The average Bonchev–Trinajstić information content (AvgIpc) is 2.04. The Morgan fingerprint density at radius 2 is 1.92 bits per heavy atom. The summed E-state index contributed by atoms with van der Waals surface area (Å²) in [6.07, 6.45) is 5.31. The number of rotatable bonds is 2. The standard InChI is InChI=1S/C10H19NO2/c1-8(11)10(13-9(2)12)6-4-3-5-7-10/h8H,3-7,11H2,1-2H3. The SMILES string of the molecule is CC(=O)OC1(C(C)N)CCCCC1. The van der Waals surface area contributed by atoms with Crippen LogP contribution in [0.4, 0.5) is 0 Å². The molecular weight excluding hydrogens is 166 g/mol. The zero-order chi connectivity index (χ0) is 9.90. The number of carbonyl (C=O) groups is 1. The maximum Gasteiger partial charge on any atom is 0.303 e. The third kappa shape index (κ3) is 2.44. The summed E-state index contributed by atoms with van der Waals surface area (Å²) < 4.78 is 5.38. The Labute approximate surface area is 79.6 Å². The van der Waals surface area contributed by atoms with Crippen LogP contribution in [0.1, 0.15) is 46.0 Å². The smallest absolute Gasteiger partial charge is 0.303 e. The van der Waals surface area contributed by atoms with Gasteiger partial charge in [-0.25, -0.2) is 0 Å². The van der Waals surface area contributed by atoms with Crippen molar-refractivity contribution in [2.45, 2.75) is 57.6 Å². The molecule has 13 heavy (non-hydrogen) atoms. The monoisotopic (exact) mass is 185 g/mol. The van der Waals surface area contributed by atoms with Gasteiger partial charge in [0.25, 0.3) is 0 Å². The summed E-state index contributed by atoms with van der Waals surface area (Å²) >= 11 is 0. The molecule has 0 aromatic rings. The second-order valence-corrected chi connectivity index (χ2v) is 4.01. The van der Waals surface area contributed by atoms with Crippen LogP contribution >= 0.6 is 0 Å². The summed E-state index contributed by atoms with van der Waals surface area (Å²) in [5.41, 5.74) is 5.50. The van der Waals surface area contributed by atoms with Crippen LogP contribution in [0.25, 0.3) is 0 Å². The summed E-state index contributed by atoms with van der Waals surface area (Å²) in [6.45, 7) is 3.38. The molecule has 0 radical (unpaired) electrons. The molecule has 3 nitrogen and oxygen atoms in total. The molecule has 0 aromatic heterocycles. The van der Waals surface area contributed by atoms with Crippen molar-refractivity contribution < 1.29 is 9.53 Å². The highest BCUT2D eigenvalue weighted by molar-refractivity contribution is 5.66. The highest BCUT2D eigenvalue weighted by Crippen LogP contribution is 2.33. The quantitative estimate of drug-likeness (QED) is 0.665. The van der Waals surface area contributed by atoms with Gasteiger partial charge in [-0.05, 0) is 32.6 Å². The zero-order valence-corrected chi connectivity index (χ0v) is 8.51. The summed E-state index contributed by atoms with van der Waals surface area (Å²) in [7, 11) is 0. The van der Waals surface area contributed by atoms with Crippen LogP contribution in [0.2, 0.25) is 0 Å². The molecule has 0 heterocycles. The van der Waals surface area contributed by atoms with Crippen molar-refractivity contribution in [3.63, 3.8) is 0 Å². The van der Waals surface area contributed by atoms with Gasteiger partial charge in [0, 0.05) is 13.0 Å². The van der Waals surface area contributed by atoms with Crippen LogP contribution in [-0.4, -0.2) is 17.6 Å². The zero-order valence-electron chi connectivity index (χ0n) is 8.51. The fraction of sp³-hybridized carbons (Fsp3) is 0.900. The molecular formula is C10H19NO2. The lowest BCUT2D eigenvalue weighted by Crippen LogP contribution is -2.50. The molecule has 0 aromatic carbocycles. The molecule has 0 aliphatic heterocycles. The molecule has 76 valence electrons. The van der Waals surface area contributed by atoms with E-state index in [1.807, 2.05) is 6.92 Å². The Hall–Kier alpha value is -0.570. The number of carbonyl (C=O) groups excluding carboxylic acids is 1. The molecule has 0 bridgehead atoms.